The van der Waals surface area contributed by atoms with Crippen LogP contribution in [0.5, 0.6) is 23.0 Å². The molecule has 3 amide bonds. The Morgan fingerprint density at radius 1 is 0.885 bits per heavy atom. The molecule has 1 saturated heterocycles. The minimum atomic E-state index is -0.645. The summed E-state index contributed by atoms with van der Waals surface area (Å²) in [4.78, 5) is 39.4. The molecule has 3 heterocycles. The third kappa shape index (κ3) is 8.07. The monoisotopic (exact) mass is 785 g/mol. The van der Waals surface area contributed by atoms with Crippen LogP contribution >= 0.6 is 27.3 Å². The van der Waals surface area contributed by atoms with E-state index >= 15 is 0 Å². The highest BCUT2D eigenvalue weighted by Crippen LogP contribution is 2.47. The van der Waals surface area contributed by atoms with Gasteiger partial charge in [0, 0.05) is 50.9 Å². The number of benzene rings is 4. The highest BCUT2D eigenvalue weighted by molar-refractivity contribution is 9.10. The Bertz CT molecular complexity index is 2090. The number of phenolic OH excluding ortho intramolecular Hbond substituents is 1. The average molecular weight is 787 g/mol. The normalized spacial score (nSPS) is 15.5. The van der Waals surface area contributed by atoms with Gasteiger partial charge in [-0.15, -0.1) is 11.3 Å². The fourth-order valence-electron chi connectivity index (χ4n) is 6.23. The zero-order valence-corrected chi connectivity index (χ0v) is 30.5. The number of aromatic hydroxyl groups is 1. The van der Waals surface area contributed by atoms with Crippen molar-refractivity contribution in [2.75, 3.05) is 44.9 Å². The number of amides is 3. The van der Waals surface area contributed by atoms with Gasteiger partial charge in [0.1, 0.15) is 29.9 Å². The maximum atomic E-state index is 13.0. The maximum absolute atomic E-state index is 13.0. The van der Waals surface area contributed by atoms with E-state index in [2.05, 4.69) is 26.6 Å². The number of carbonyl (C=O) groups excluding carboxylic acids is 3. The summed E-state index contributed by atoms with van der Waals surface area (Å²) in [5.41, 5.74) is 3.25. The first kappa shape index (κ1) is 35.5. The van der Waals surface area contributed by atoms with Gasteiger partial charge in [-0.05, 0) is 78.7 Å². The van der Waals surface area contributed by atoms with Crippen LogP contribution in [-0.2, 0) is 25.6 Å². The molecule has 0 spiro atoms. The number of rotatable bonds is 15. The molecular formula is C39H36BrN3O8S. The van der Waals surface area contributed by atoms with Crippen LogP contribution in [0.2, 0.25) is 0 Å². The fourth-order valence-corrected chi connectivity index (χ4v) is 7.66. The maximum Gasteiger partial charge on any atom is 0.255 e. The number of anilines is 1. The Kier molecular flexibility index (Phi) is 11.0. The number of nitrogens with one attached hydrogen (secondary N) is 2. The van der Waals surface area contributed by atoms with Crippen LogP contribution in [0.1, 0.15) is 28.8 Å². The van der Waals surface area contributed by atoms with E-state index in [-0.39, 0.29) is 24.0 Å². The topological polar surface area (TPSA) is 136 Å². The summed E-state index contributed by atoms with van der Waals surface area (Å²) in [5, 5.41) is 16.6. The molecule has 0 bridgehead atoms. The molecule has 268 valence electrons. The standard InChI is InChI=1S/C39H36BrN3O8S/c40-25-6-4-24(5-7-25)37-36(30-13-8-26(44)22-34(30)52-37)51-28-11-9-27(10-12-28)50-21-20-49-19-18-48-17-16-41-32-3-1-2-29-31(32)23-43(39(29)47)33-14-15-35(45)42-38(33)46/h1-13,22,33,41,44H,14-21,23H2,(H,42,45,46). The zero-order chi connectivity index (χ0) is 36.0. The lowest BCUT2D eigenvalue weighted by Gasteiger charge is -2.29. The number of fused-ring (bicyclic) bond motifs is 2. The molecule has 1 unspecified atom stereocenters. The summed E-state index contributed by atoms with van der Waals surface area (Å²) in [7, 11) is 0. The van der Waals surface area contributed by atoms with Crippen molar-refractivity contribution in [2.24, 2.45) is 0 Å². The van der Waals surface area contributed by atoms with E-state index in [4.69, 9.17) is 18.9 Å². The Morgan fingerprint density at radius 2 is 1.63 bits per heavy atom. The van der Waals surface area contributed by atoms with Crippen molar-refractivity contribution < 1.29 is 38.4 Å². The van der Waals surface area contributed by atoms with Gasteiger partial charge in [-0.1, -0.05) is 34.1 Å². The van der Waals surface area contributed by atoms with Crippen molar-refractivity contribution in [1.29, 1.82) is 0 Å². The second-order valence-corrected chi connectivity index (χ2v) is 14.2. The lowest BCUT2D eigenvalue weighted by atomic mass is 10.0. The summed E-state index contributed by atoms with van der Waals surface area (Å²) in [6.45, 7) is 2.90. The second kappa shape index (κ2) is 16.2. The molecule has 13 heteroatoms. The third-order valence-corrected chi connectivity index (χ3v) is 10.5. The van der Waals surface area contributed by atoms with E-state index in [1.54, 1.807) is 34.4 Å². The van der Waals surface area contributed by atoms with Crippen molar-refractivity contribution in [2.45, 2.75) is 25.4 Å². The number of ether oxygens (including phenoxy) is 4. The predicted molar refractivity (Wildman–Crippen MR) is 201 cm³/mol. The number of carbonyl (C=O) groups is 3. The number of piperidine rings is 1. The van der Waals surface area contributed by atoms with Crippen LogP contribution in [0.15, 0.2) is 89.4 Å². The van der Waals surface area contributed by atoms with Gasteiger partial charge in [-0.3, -0.25) is 19.7 Å². The summed E-state index contributed by atoms with van der Waals surface area (Å²) in [6, 6.07) is 25.6. The number of thiophene rings is 1. The SMILES string of the molecule is O=C1CCC(N2Cc3c(NCCOCCOCCOc4ccc(Oc5c(-c6ccc(Br)cc6)sc6cc(O)ccc56)cc4)cccc3C2=O)C(=O)N1. The van der Waals surface area contributed by atoms with Crippen LogP contribution in [0.25, 0.3) is 20.5 Å². The van der Waals surface area contributed by atoms with Crippen LogP contribution in [0.4, 0.5) is 5.69 Å². The van der Waals surface area contributed by atoms with Gasteiger partial charge in [0.2, 0.25) is 11.8 Å². The van der Waals surface area contributed by atoms with Crippen molar-refractivity contribution in [3.63, 3.8) is 0 Å². The smallest absolute Gasteiger partial charge is 0.255 e. The van der Waals surface area contributed by atoms with Gasteiger partial charge in [0.05, 0.1) is 31.3 Å². The van der Waals surface area contributed by atoms with Crippen molar-refractivity contribution in [3.05, 3.63) is 101 Å². The van der Waals surface area contributed by atoms with E-state index < -0.39 is 11.9 Å². The number of hydrogen-bond acceptors (Lipinski definition) is 10. The number of imide groups is 1. The van der Waals surface area contributed by atoms with Crippen molar-refractivity contribution >= 4 is 60.8 Å². The first-order valence-corrected chi connectivity index (χ1v) is 18.5. The molecule has 7 rings (SSSR count). The molecule has 1 fully saturated rings. The number of halogens is 1. The molecule has 0 aliphatic carbocycles. The van der Waals surface area contributed by atoms with Gasteiger partial charge in [0.15, 0.2) is 5.75 Å². The van der Waals surface area contributed by atoms with Gasteiger partial charge in [-0.25, -0.2) is 0 Å². The lowest BCUT2D eigenvalue weighted by molar-refractivity contribution is -0.136. The number of hydrogen-bond donors (Lipinski definition) is 3. The summed E-state index contributed by atoms with van der Waals surface area (Å²) in [5.74, 6) is 1.38. The molecule has 0 radical (unpaired) electrons. The van der Waals surface area contributed by atoms with Gasteiger partial charge < -0.3 is 34.3 Å². The highest BCUT2D eigenvalue weighted by atomic mass is 79.9. The minimum absolute atomic E-state index is 0.200. The summed E-state index contributed by atoms with van der Waals surface area (Å²) >= 11 is 5.07. The van der Waals surface area contributed by atoms with Crippen LogP contribution in [0, 0.1) is 0 Å². The quantitative estimate of drug-likeness (QED) is 0.0750. The van der Waals surface area contributed by atoms with Crippen molar-refractivity contribution in [3.8, 4) is 33.4 Å². The van der Waals surface area contributed by atoms with E-state index in [0.717, 1.165) is 42.0 Å². The first-order valence-electron chi connectivity index (χ1n) is 16.9. The Morgan fingerprint density at radius 3 is 2.42 bits per heavy atom. The third-order valence-electron chi connectivity index (χ3n) is 8.79. The molecule has 11 nitrogen and oxygen atoms in total. The summed E-state index contributed by atoms with van der Waals surface area (Å²) in [6.07, 6.45) is 0.550. The van der Waals surface area contributed by atoms with Crippen LogP contribution in [-0.4, -0.2) is 73.3 Å². The summed E-state index contributed by atoms with van der Waals surface area (Å²) < 4.78 is 25.6. The predicted octanol–water partition coefficient (Wildman–Crippen LogP) is 7.11. The van der Waals surface area contributed by atoms with Gasteiger partial charge >= 0.3 is 0 Å². The molecular weight excluding hydrogens is 750 g/mol. The molecule has 4 aromatic carbocycles. The van der Waals surface area contributed by atoms with E-state index in [1.165, 1.54) is 0 Å². The van der Waals surface area contributed by atoms with Crippen molar-refractivity contribution in [1.82, 2.24) is 10.2 Å². The Hall–Kier alpha value is -4.95. The average Bonchev–Trinajstić information content (AvgIpc) is 3.67. The molecule has 2 aliphatic heterocycles. The lowest BCUT2D eigenvalue weighted by Crippen LogP contribution is -2.52. The molecule has 2 aliphatic rings. The first-order chi connectivity index (χ1) is 25.3. The number of phenols is 1. The van der Waals surface area contributed by atoms with E-state index in [1.807, 2.05) is 66.7 Å². The van der Waals surface area contributed by atoms with E-state index in [9.17, 15) is 19.5 Å². The van der Waals surface area contributed by atoms with Crippen LogP contribution in [0.3, 0.4) is 0 Å². The van der Waals surface area contributed by atoms with Gasteiger partial charge in [-0.2, -0.15) is 0 Å². The Labute approximate surface area is 312 Å². The molecule has 0 saturated carbocycles. The zero-order valence-electron chi connectivity index (χ0n) is 28.1. The highest BCUT2D eigenvalue weighted by Gasteiger charge is 2.39. The molecule has 1 atom stereocenters. The molecule has 3 N–H and O–H groups in total. The van der Waals surface area contributed by atoms with E-state index in [0.29, 0.717) is 69.6 Å². The number of nitrogens with zero attached hydrogens (tertiary/aromatic N) is 1. The molecule has 1 aromatic heterocycles. The molecule has 5 aromatic rings. The second-order valence-electron chi connectivity index (χ2n) is 12.3. The van der Waals surface area contributed by atoms with Gasteiger partial charge in [0.25, 0.3) is 5.91 Å². The molecule has 52 heavy (non-hydrogen) atoms. The fraction of sp³-hybridized carbons (Fsp3) is 0.256. The van der Waals surface area contributed by atoms with Crippen LogP contribution < -0.4 is 20.1 Å². The Balaban J connectivity index is 0.811. The largest absolute Gasteiger partial charge is 0.508 e. The minimum Gasteiger partial charge on any atom is -0.508 e.